The van der Waals surface area contributed by atoms with Crippen LogP contribution in [0.5, 0.6) is 0 Å². The lowest BCUT2D eigenvalue weighted by molar-refractivity contribution is -0.138. The number of carbonyl (C=O) groups excluding carboxylic acids is 1. The van der Waals surface area contributed by atoms with E-state index >= 15 is 0 Å². The molecule has 0 aliphatic rings. The molecule has 1 heterocycles. The van der Waals surface area contributed by atoms with E-state index in [0.717, 1.165) is 12.1 Å². The molecule has 0 aromatic carbocycles. The van der Waals surface area contributed by atoms with E-state index in [9.17, 15) is 18.0 Å². The van der Waals surface area contributed by atoms with E-state index in [1.165, 1.54) is 13.1 Å². The molecule has 0 fully saturated rings. The second-order valence-electron chi connectivity index (χ2n) is 2.67. The van der Waals surface area contributed by atoms with Gasteiger partial charge in [0.2, 0.25) is 0 Å². The normalized spacial score (nSPS) is 11.4. The van der Waals surface area contributed by atoms with Crippen LogP contribution in [0.3, 0.4) is 0 Å². The van der Waals surface area contributed by atoms with Gasteiger partial charge in [-0.25, -0.2) is 0 Å². The lowest BCUT2D eigenvalue weighted by Crippen LogP contribution is -2.14. The average Bonchev–Trinajstić information content (AvgIpc) is 2.15. The Morgan fingerprint density at radius 1 is 1.50 bits per heavy atom. The lowest BCUT2D eigenvalue weighted by Gasteiger charge is -2.09. The van der Waals surface area contributed by atoms with Crippen molar-refractivity contribution in [2.24, 2.45) is 0 Å². The predicted molar refractivity (Wildman–Crippen MR) is 43.9 cm³/mol. The SMILES string of the molecule is CCC(=O)c1ncccc1C(F)(F)F. The second kappa shape index (κ2) is 3.77. The Labute approximate surface area is 78.8 Å². The van der Waals surface area contributed by atoms with Crippen molar-refractivity contribution in [1.29, 1.82) is 0 Å². The van der Waals surface area contributed by atoms with Crippen LogP contribution in [0.15, 0.2) is 18.3 Å². The molecule has 76 valence electrons. The van der Waals surface area contributed by atoms with Gasteiger partial charge in [0.25, 0.3) is 0 Å². The van der Waals surface area contributed by atoms with Gasteiger partial charge in [-0.1, -0.05) is 6.92 Å². The molecular formula is C9H8F3NO. The Balaban J connectivity index is 3.23. The molecular weight excluding hydrogens is 195 g/mol. The van der Waals surface area contributed by atoms with Crippen molar-refractivity contribution in [3.05, 3.63) is 29.6 Å². The van der Waals surface area contributed by atoms with E-state index in [1.54, 1.807) is 0 Å². The van der Waals surface area contributed by atoms with E-state index in [-0.39, 0.29) is 6.42 Å². The van der Waals surface area contributed by atoms with Crippen LogP contribution in [0.1, 0.15) is 29.4 Å². The molecule has 0 N–H and O–H groups in total. The Hall–Kier alpha value is -1.39. The van der Waals surface area contributed by atoms with Crippen LogP contribution in [-0.2, 0) is 6.18 Å². The summed E-state index contributed by atoms with van der Waals surface area (Å²) in [6, 6.07) is 2.02. The molecule has 0 atom stereocenters. The van der Waals surface area contributed by atoms with Gasteiger partial charge in [0, 0.05) is 12.6 Å². The maximum absolute atomic E-state index is 12.4. The van der Waals surface area contributed by atoms with Gasteiger partial charge in [0.1, 0.15) is 5.69 Å². The quantitative estimate of drug-likeness (QED) is 0.691. The van der Waals surface area contributed by atoms with Crippen LogP contribution in [0.2, 0.25) is 0 Å². The molecule has 2 nitrogen and oxygen atoms in total. The lowest BCUT2D eigenvalue weighted by atomic mass is 10.1. The standard InChI is InChI=1S/C9H8F3NO/c1-2-7(14)8-6(9(10,11)12)4-3-5-13-8/h3-5H,2H2,1H3. The number of carbonyl (C=O) groups is 1. The number of nitrogens with zero attached hydrogens (tertiary/aromatic N) is 1. The van der Waals surface area contributed by atoms with Crippen molar-refractivity contribution in [2.45, 2.75) is 19.5 Å². The first kappa shape index (κ1) is 10.7. The van der Waals surface area contributed by atoms with Crippen molar-refractivity contribution >= 4 is 5.78 Å². The smallest absolute Gasteiger partial charge is 0.292 e. The highest BCUT2D eigenvalue weighted by atomic mass is 19.4. The molecule has 0 unspecified atom stereocenters. The molecule has 1 aromatic rings. The second-order valence-corrected chi connectivity index (χ2v) is 2.67. The minimum Gasteiger partial charge on any atom is -0.292 e. The summed E-state index contributed by atoms with van der Waals surface area (Å²) >= 11 is 0. The number of ketones is 1. The van der Waals surface area contributed by atoms with Crippen molar-refractivity contribution in [1.82, 2.24) is 4.98 Å². The molecule has 0 saturated heterocycles. The largest absolute Gasteiger partial charge is 0.418 e. The molecule has 5 heteroatoms. The molecule has 0 amide bonds. The maximum atomic E-state index is 12.4. The van der Waals surface area contributed by atoms with E-state index in [1.807, 2.05) is 0 Å². The van der Waals surface area contributed by atoms with Crippen LogP contribution in [-0.4, -0.2) is 10.8 Å². The van der Waals surface area contributed by atoms with Gasteiger partial charge in [-0.3, -0.25) is 9.78 Å². The molecule has 0 spiro atoms. The van der Waals surface area contributed by atoms with Gasteiger partial charge in [-0.15, -0.1) is 0 Å². The maximum Gasteiger partial charge on any atom is 0.418 e. The summed E-state index contributed by atoms with van der Waals surface area (Å²) in [7, 11) is 0. The van der Waals surface area contributed by atoms with Crippen LogP contribution < -0.4 is 0 Å². The summed E-state index contributed by atoms with van der Waals surface area (Å²) in [6.45, 7) is 1.50. The highest BCUT2D eigenvalue weighted by molar-refractivity contribution is 5.95. The number of hydrogen-bond donors (Lipinski definition) is 0. The fourth-order valence-corrected chi connectivity index (χ4v) is 1.02. The Kier molecular flexibility index (Phi) is 2.88. The number of Topliss-reactive ketones (excluding diaryl/α,β-unsaturated/α-hetero) is 1. The van der Waals surface area contributed by atoms with E-state index in [4.69, 9.17) is 0 Å². The molecule has 1 rings (SSSR count). The first-order chi connectivity index (χ1) is 6.46. The topological polar surface area (TPSA) is 30.0 Å². The summed E-state index contributed by atoms with van der Waals surface area (Å²) in [4.78, 5) is 14.6. The minimum absolute atomic E-state index is 0.0140. The molecule has 0 aliphatic carbocycles. The highest BCUT2D eigenvalue weighted by Gasteiger charge is 2.35. The van der Waals surface area contributed by atoms with Gasteiger partial charge in [0.05, 0.1) is 5.56 Å². The van der Waals surface area contributed by atoms with E-state index in [0.29, 0.717) is 0 Å². The summed E-state index contributed by atoms with van der Waals surface area (Å²) in [5.41, 5.74) is -1.46. The fourth-order valence-electron chi connectivity index (χ4n) is 1.02. The molecule has 0 bridgehead atoms. The third-order valence-corrected chi connectivity index (χ3v) is 1.70. The van der Waals surface area contributed by atoms with Crippen molar-refractivity contribution in [2.75, 3.05) is 0 Å². The van der Waals surface area contributed by atoms with E-state index in [2.05, 4.69) is 4.98 Å². The molecule has 0 radical (unpaired) electrons. The molecule has 0 aliphatic heterocycles. The summed E-state index contributed by atoms with van der Waals surface area (Å²) in [5, 5.41) is 0. The van der Waals surface area contributed by atoms with Gasteiger partial charge in [-0.05, 0) is 12.1 Å². The number of hydrogen-bond acceptors (Lipinski definition) is 2. The Bertz CT molecular complexity index is 346. The highest BCUT2D eigenvalue weighted by Crippen LogP contribution is 2.31. The number of pyridine rings is 1. The van der Waals surface area contributed by atoms with Gasteiger partial charge in [0.15, 0.2) is 5.78 Å². The Morgan fingerprint density at radius 3 is 2.64 bits per heavy atom. The van der Waals surface area contributed by atoms with Crippen LogP contribution in [0.4, 0.5) is 13.2 Å². The average molecular weight is 203 g/mol. The minimum atomic E-state index is -4.52. The fraction of sp³-hybridized carbons (Fsp3) is 0.333. The number of aromatic nitrogens is 1. The molecule has 1 aromatic heterocycles. The van der Waals surface area contributed by atoms with Gasteiger partial charge >= 0.3 is 6.18 Å². The zero-order valence-corrected chi connectivity index (χ0v) is 7.43. The predicted octanol–water partition coefficient (Wildman–Crippen LogP) is 2.69. The zero-order chi connectivity index (χ0) is 10.8. The van der Waals surface area contributed by atoms with Gasteiger partial charge in [-0.2, -0.15) is 13.2 Å². The summed E-state index contributed by atoms with van der Waals surface area (Å²) < 4.78 is 37.1. The number of alkyl halides is 3. The first-order valence-electron chi connectivity index (χ1n) is 4.02. The third kappa shape index (κ3) is 2.10. The van der Waals surface area contributed by atoms with Gasteiger partial charge < -0.3 is 0 Å². The van der Waals surface area contributed by atoms with E-state index < -0.39 is 23.2 Å². The number of halogens is 3. The number of rotatable bonds is 2. The summed E-state index contributed by atoms with van der Waals surface area (Å²) in [5.74, 6) is -0.599. The van der Waals surface area contributed by atoms with Crippen molar-refractivity contribution < 1.29 is 18.0 Å². The van der Waals surface area contributed by atoms with Crippen LogP contribution >= 0.6 is 0 Å². The molecule has 14 heavy (non-hydrogen) atoms. The van der Waals surface area contributed by atoms with Crippen LogP contribution in [0.25, 0.3) is 0 Å². The third-order valence-electron chi connectivity index (χ3n) is 1.70. The van der Waals surface area contributed by atoms with Crippen molar-refractivity contribution in [3.8, 4) is 0 Å². The summed E-state index contributed by atoms with van der Waals surface area (Å²) in [6.07, 6.45) is -3.33. The van der Waals surface area contributed by atoms with Crippen LogP contribution in [0, 0.1) is 0 Å². The zero-order valence-electron chi connectivity index (χ0n) is 7.43. The Morgan fingerprint density at radius 2 is 2.14 bits per heavy atom. The first-order valence-corrected chi connectivity index (χ1v) is 4.02. The molecule has 0 saturated carbocycles. The monoisotopic (exact) mass is 203 g/mol. The van der Waals surface area contributed by atoms with Crippen molar-refractivity contribution in [3.63, 3.8) is 0 Å².